The molecule has 1 amide bonds. The standard InChI is InChI=1S/C29H21N3O5.C29H29N3O5.C25H20N4O5.C25H21N3O5/c1-36-29(35)19-13-11-18(12-14-19)26-30-27(22-9-5-6-10-24(22)33)32-28(31-26)23-16-15-21(17-25(23)34)37-20-7-3-2-4-8-20;1-3-4-5-8-17-37-21-15-16-23(25(34)18-21)28-31-26(19-11-13-20(14-12-19)29(35)36-2)30-27(32-28)22-9-6-7-10-24(22)33;1-14(30)26-17-11-12-19(21(32)13-17)24-28-22(15-7-9-16(10-8-15)25(33)34-2)27-23(29-24)18-5-3-4-6-20(18)31;1-3-33-17-12-13-19(21(30)14-17)24-27-22(15-8-10-16(11-9-15)25(31)32-2)26-23(28-24)18-6-4-5-7-20(18)29/h2-17,33-34H,1H3;6-7,9-16,18,33-34H,3-5,8,17H2,1-2H3;3-13,31-32H,1-2H3,(H,26,30);4-14,29-30H,3H2,1-2H3. The van der Waals surface area contributed by atoms with Gasteiger partial charge in [-0.3, -0.25) is 4.79 Å². The summed E-state index contributed by atoms with van der Waals surface area (Å²) in [5, 5.41) is 87.0. The van der Waals surface area contributed by atoms with Gasteiger partial charge in [-0.1, -0.05) is 141 Å². The number of esters is 4. The van der Waals surface area contributed by atoms with E-state index in [1.54, 1.807) is 231 Å². The SMILES string of the molecule is CCCCCCOc1ccc(-c2nc(-c3ccc(C(=O)OC)cc3)nc(-c3ccccc3O)n2)c(O)c1.CCOc1ccc(-c2nc(-c3ccc(C(=O)OC)cc3)nc(-c3ccccc3O)n2)c(O)c1.COC(=O)c1ccc(-c2nc(-c3ccccc3O)nc(-c3ccc(NC(C)=O)cc3O)n2)cc1.COC(=O)c1ccc(-c2nc(-c3ccccc3O)nc(-c3ccc(Oc4ccccc4)cc3O)n2)cc1. The van der Waals surface area contributed by atoms with Crippen molar-refractivity contribution < 1.29 is 98.0 Å². The number of ether oxygens (including phenoxy) is 7. The van der Waals surface area contributed by atoms with Crippen molar-refractivity contribution in [3.05, 3.63) is 320 Å². The average molecular weight is 1890 g/mol. The van der Waals surface area contributed by atoms with Crippen LogP contribution in [0.3, 0.4) is 0 Å². The second kappa shape index (κ2) is 46.3. The third kappa shape index (κ3) is 24.8. The second-order valence-electron chi connectivity index (χ2n) is 30.8. The van der Waals surface area contributed by atoms with E-state index in [1.807, 2.05) is 37.3 Å². The molecule has 0 saturated heterocycles. The quantitative estimate of drug-likeness (QED) is 0.0131. The summed E-state index contributed by atoms with van der Waals surface area (Å²) in [6, 6.07) is 81.6. The minimum atomic E-state index is -0.470. The van der Waals surface area contributed by atoms with Crippen LogP contribution in [0, 0.1) is 0 Å². The van der Waals surface area contributed by atoms with Crippen LogP contribution in [0.1, 0.15) is 87.9 Å². The Kier molecular flexibility index (Phi) is 32.2. The Balaban J connectivity index is 0.000000150. The lowest BCUT2D eigenvalue weighted by atomic mass is 10.1. The summed E-state index contributed by atoms with van der Waals surface area (Å²) in [5.41, 5.74) is 7.45. The minimum absolute atomic E-state index is 0.00229. The van der Waals surface area contributed by atoms with Crippen molar-refractivity contribution in [3.63, 3.8) is 0 Å². The maximum atomic E-state index is 11.8. The third-order valence-corrected chi connectivity index (χ3v) is 21.1. The van der Waals surface area contributed by atoms with Gasteiger partial charge < -0.3 is 79.3 Å². The zero-order valence-electron chi connectivity index (χ0n) is 76.9. The van der Waals surface area contributed by atoms with Crippen LogP contribution in [0.2, 0.25) is 0 Å². The van der Waals surface area contributed by atoms with Crippen molar-refractivity contribution in [2.75, 3.05) is 47.0 Å². The van der Waals surface area contributed by atoms with Crippen LogP contribution < -0.4 is 19.5 Å². The number of para-hydroxylation sites is 5. The van der Waals surface area contributed by atoms with Crippen LogP contribution in [0.15, 0.2) is 297 Å². The Hall–Kier alpha value is -18.9. The summed E-state index contributed by atoms with van der Waals surface area (Å²) in [6.07, 6.45) is 4.37. The highest BCUT2D eigenvalue weighted by molar-refractivity contribution is 5.93. The molecule has 4 aromatic heterocycles. The number of carbonyl (C=O) groups is 5. The van der Waals surface area contributed by atoms with Gasteiger partial charge in [-0.15, -0.1) is 0 Å². The van der Waals surface area contributed by atoms with Crippen molar-refractivity contribution in [3.8, 4) is 206 Å². The molecule has 0 unspecified atom stereocenters. The van der Waals surface area contributed by atoms with Gasteiger partial charge in [0.1, 0.15) is 69.0 Å². The zero-order chi connectivity index (χ0) is 99.6. The van der Waals surface area contributed by atoms with Crippen molar-refractivity contribution >= 4 is 35.5 Å². The smallest absolute Gasteiger partial charge is 0.337 e. The fraction of sp³-hybridized carbons (Fsp3) is 0.120. The lowest BCUT2D eigenvalue weighted by Gasteiger charge is -2.12. The lowest BCUT2D eigenvalue weighted by Crippen LogP contribution is -2.05. The number of amides is 1. The summed E-state index contributed by atoms with van der Waals surface area (Å²) in [4.78, 5) is 113. The number of aromatic hydroxyl groups is 8. The highest BCUT2D eigenvalue weighted by Gasteiger charge is 2.25. The summed E-state index contributed by atoms with van der Waals surface area (Å²) >= 11 is 0. The first-order valence-electron chi connectivity index (χ1n) is 43.9. The number of rotatable bonds is 27. The maximum absolute atomic E-state index is 11.8. The van der Waals surface area contributed by atoms with Crippen LogP contribution in [0.25, 0.3) is 137 Å². The molecule has 0 aliphatic rings. The van der Waals surface area contributed by atoms with Crippen LogP contribution >= 0.6 is 0 Å². The first kappa shape index (κ1) is 98.1. The molecular weight excluding hydrogens is 1800 g/mol. The number of benzene rings is 13. The Bertz CT molecular complexity index is 7370. The van der Waals surface area contributed by atoms with Crippen LogP contribution in [0.4, 0.5) is 5.69 Å². The Morgan fingerprint density at radius 3 is 0.794 bits per heavy atom. The summed E-state index contributed by atoms with van der Waals surface area (Å²) in [5.74, 6) is 2.64. The molecule has 0 spiro atoms. The van der Waals surface area contributed by atoms with Crippen LogP contribution in [0.5, 0.6) is 69.0 Å². The highest BCUT2D eigenvalue weighted by atomic mass is 16.5. The highest BCUT2D eigenvalue weighted by Crippen LogP contribution is 2.42. The number of hydrogen-bond acceptors (Lipinski definition) is 32. The molecule has 9 N–H and O–H groups in total. The molecule has 0 aliphatic heterocycles. The van der Waals surface area contributed by atoms with E-state index in [-0.39, 0.29) is 104 Å². The number of carbonyl (C=O) groups excluding carboxylic acids is 5. The van der Waals surface area contributed by atoms with E-state index in [0.717, 1.165) is 19.3 Å². The molecule has 17 rings (SSSR count). The molecular formula is C108H91N13O20. The number of unbranched alkanes of at least 4 members (excludes halogenated alkanes) is 3. The number of aromatic nitrogens is 12. The van der Waals surface area contributed by atoms with E-state index in [0.29, 0.717) is 148 Å². The number of nitrogens with zero attached hydrogens (tertiary/aromatic N) is 12. The molecule has 0 saturated carbocycles. The van der Waals surface area contributed by atoms with Gasteiger partial charge in [0.15, 0.2) is 69.9 Å². The van der Waals surface area contributed by atoms with Gasteiger partial charge in [0.2, 0.25) is 5.91 Å². The van der Waals surface area contributed by atoms with Crippen molar-refractivity contribution in [2.45, 2.75) is 46.5 Å². The Morgan fingerprint density at radius 1 is 0.255 bits per heavy atom. The van der Waals surface area contributed by atoms with Crippen LogP contribution in [-0.2, 0) is 23.7 Å². The monoisotopic (exact) mass is 1890 g/mol. The van der Waals surface area contributed by atoms with E-state index in [1.165, 1.54) is 78.2 Å². The van der Waals surface area contributed by atoms with Gasteiger partial charge >= 0.3 is 23.9 Å². The number of phenolic OH excluding ortho intramolecular Hbond substituents is 8. The second-order valence-corrected chi connectivity index (χ2v) is 30.8. The number of nitrogens with one attached hydrogen (secondary N) is 1. The third-order valence-electron chi connectivity index (χ3n) is 21.1. The number of hydrogen-bond donors (Lipinski definition) is 9. The maximum Gasteiger partial charge on any atom is 0.337 e. The van der Waals surface area contributed by atoms with Gasteiger partial charge in [0, 0.05) is 59.1 Å². The van der Waals surface area contributed by atoms with Crippen molar-refractivity contribution in [1.29, 1.82) is 0 Å². The summed E-state index contributed by atoms with van der Waals surface area (Å²) in [6.45, 7) is 6.42. The van der Waals surface area contributed by atoms with E-state index in [9.17, 15) is 64.8 Å². The molecule has 17 aromatic rings. The molecule has 141 heavy (non-hydrogen) atoms. The normalized spacial score (nSPS) is 10.6. The zero-order valence-corrected chi connectivity index (χ0v) is 76.9. The molecule has 4 heterocycles. The predicted octanol–water partition coefficient (Wildman–Crippen LogP) is 20.4. The summed E-state index contributed by atoms with van der Waals surface area (Å²) in [7, 11) is 5.26. The predicted molar refractivity (Wildman–Crippen MR) is 525 cm³/mol. The number of methoxy groups -OCH3 is 4. The lowest BCUT2D eigenvalue weighted by molar-refractivity contribution is -0.114. The minimum Gasteiger partial charge on any atom is -0.507 e. The molecule has 0 radical (unpaired) electrons. The van der Waals surface area contributed by atoms with E-state index in [4.69, 9.17) is 33.2 Å². The molecule has 33 nitrogen and oxygen atoms in total. The summed E-state index contributed by atoms with van der Waals surface area (Å²) < 4.78 is 36.0. The fourth-order valence-corrected chi connectivity index (χ4v) is 14.0. The first-order valence-corrected chi connectivity index (χ1v) is 43.9. The molecule has 0 aliphatic carbocycles. The van der Waals surface area contributed by atoms with Crippen molar-refractivity contribution in [2.24, 2.45) is 0 Å². The number of phenols is 8. The van der Waals surface area contributed by atoms with Gasteiger partial charge in [-0.25, -0.2) is 79.0 Å². The van der Waals surface area contributed by atoms with Gasteiger partial charge in [-0.2, -0.15) is 0 Å². The Morgan fingerprint density at radius 2 is 0.518 bits per heavy atom. The largest absolute Gasteiger partial charge is 0.507 e. The molecule has 0 bridgehead atoms. The number of anilines is 1. The fourth-order valence-electron chi connectivity index (χ4n) is 14.0. The average Bonchev–Trinajstić information content (AvgIpc) is 0.796. The molecule has 33 heteroatoms. The van der Waals surface area contributed by atoms with E-state index >= 15 is 0 Å². The topological polar surface area (TPSA) is 479 Å². The van der Waals surface area contributed by atoms with Gasteiger partial charge in [0.05, 0.1) is 108 Å². The van der Waals surface area contributed by atoms with Gasteiger partial charge in [0.25, 0.3) is 0 Å². The Labute approximate surface area is 807 Å². The van der Waals surface area contributed by atoms with Gasteiger partial charge in [-0.05, 0) is 171 Å². The molecule has 0 fully saturated rings. The molecule has 0 atom stereocenters. The van der Waals surface area contributed by atoms with Crippen LogP contribution in [-0.4, -0.2) is 172 Å². The van der Waals surface area contributed by atoms with Crippen molar-refractivity contribution in [1.82, 2.24) is 59.8 Å². The first-order chi connectivity index (χ1) is 68.4. The molecule has 708 valence electrons. The van der Waals surface area contributed by atoms with E-state index < -0.39 is 23.9 Å². The van der Waals surface area contributed by atoms with E-state index in [2.05, 4.69) is 72.0 Å². The molecule has 13 aromatic carbocycles.